The van der Waals surface area contributed by atoms with Gasteiger partial charge in [-0.2, -0.15) is 0 Å². The average Bonchev–Trinajstić information content (AvgIpc) is 3.08. The lowest BCUT2D eigenvalue weighted by Crippen LogP contribution is -2.39. The number of hydrogen-bond donors (Lipinski definition) is 0. The Morgan fingerprint density at radius 3 is 2.63 bits per heavy atom. The Hall–Kier alpha value is -2.60. The molecule has 6 heteroatoms. The molecule has 0 saturated carbocycles. The second-order valence-electron chi connectivity index (χ2n) is 8.12. The molecule has 0 N–H and O–H groups in total. The number of halogens is 1. The van der Waals surface area contributed by atoms with Crippen molar-refractivity contribution in [2.24, 2.45) is 0 Å². The average molecular weight is 413 g/mol. The summed E-state index contributed by atoms with van der Waals surface area (Å²) in [5, 5.41) is 0. The molecule has 2 aromatic carbocycles. The summed E-state index contributed by atoms with van der Waals surface area (Å²) in [6.07, 6.45) is 2.96. The number of amides is 1. The topological polar surface area (TPSA) is 42.0 Å². The first-order valence-corrected chi connectivity index (χ1v) is 10.7. The van der Waals surface area contributed by atoms with Gasteiger partial charge in [-0.15, -0.1) is 0 Å². The number of nitrogens with zero attached hydrogens (tertiary/aromatic N) is 2. The van der Waals surface area contributed by atoms with Crippen molar-refractivity contribution in [3.05, 3.63) is 59.4 Å². The normalized spacial score (nSPS) is 19.9. The van der Waals surface area contributed by atoms with Crippen LogP contribution < -0.4 is 9.47 Å². The maximum Gasteiger partial charge on any atom is 0.237 e. The molecular weight excluding hydrogens is 383 g/mol. The number of likely N-dealkylation sites (tertiary alicyclic amines) is 1. The van der Waals surface area contributed by atoms with E-state index in [0.717, 1.165) is 42.9 Å². The summed E-state index contributed by atoms with van der Waals surface area (Å²) in [5.74, 6) is 1.39. The first kappa shape index (κ1) is 20.7. The lowest BCUT2D eigenvalue weighted by Gasteiger charge is -2.30. The molecule has 0 bridgehead atoms. The number of rotatable bonds is 5. The van der Waals surface area contributed by atoms with E-state index in [2.05, 4.69) is 17.0 Å². The Kier molecular flexibility index (Phi) is 6.23. The van der Waals surface area contributed by atoms with Crippen molar-refractivity contribution >= 4 is 5.91 Å². The first-order valence-electron chi connectivity index (χ1n) is 10.7. The van der Waals surface area contributed by atoms with E-state index in [1.165, 1.54) is 17.7 Å². The van der Waals surface area contributed by atoms with Crippen LogP contribution in [0.3, 0.4) is 0 Å². The zero-order valence-electron chi connectivity index (χ0n) is 17.6. The standard InChI is InChI=1S/C24H29FN2O3/c1-17(18-6-9-20(25)10-7-18)26(2)24(28)16-27-12-3-5-21(27)19-8-11-22-23(15-19)30-14-4-13-29-22/h6-11,15,17,21H,3-5,12-14,16H2,1-2H3/t17-,21+/m0/s1. The van der Waals surface area contributed by atoms with Crippen LogP contribution in [0.2, 0.25) is 0 Å². The van der Waals surface area contributed by atoms with Gasteiger partial charge in [-0.3, -0.25) is 9.69 Å². The van der Waals surface area contributed by atoms with Crippen LogP contribution >= 0.6 is 0 Å². The molecule has 0 aliphatic carbocycles. The van der Waals surface area contributed by atoms with Crippen LogP contribution in [0.25, 0.3) is 0 Å². The quantitative estimate of drug-likeness (QED) is 0.733. The fourth-order valence-electron chi connectivity index (χ4n) is 4.25. The molecule has 160 valence electrons. The molecule has 2 aliphatic rings. The molecule has 2 atom stereocenters. The van der Waals surface area contributed by atoms with Gasteiger partial charge in [0.15, 0.2) is 11.5 Å². The predicted molar refractivity (Wildman–Crippen MR) is 113 cm³/mol. The van der Waals surface area contributed by atoms with E-state index in [1.807, 2.05) is 20.0 Å². The molecule has 1 amide bonds. The van der Waals surface area contributed by atoms with E-state index in [0.29, 0.717) is 19.8 Å². The monoisotopic (exact) mass is 412 g/mol. The zero-order valence-corrected chi connectivity index (χ0v) is 17.6. The maximum absolute atomic E-state index is 13.2. The van der Waals surface area contributed by atoms with Gasteiger partial charge in [-0.25, -0.2) is 4.39 Å². The number of carbonyl (C=O) groups is 1. The molecule has 0 aromatic heterocycles. The minimum absolute atomic E-state index is 0.0630. The summed E-state index contributed by atoms with van der Waals surface area (Å²) < 4.78 is 24.8. The third-order valence-corrected chi connectivity index (χ3v) is 6.19. The van der Waals surface area contributed by atoms with E-state index in [4.69, 9.17) is 9.47 Å². The van der Waals surface area contributed by atoms with Gasteiger partial charge in [0, 0.05) is 19.5 Å². The summed E-state index contributed by atoms with van der Waals surface area (Å²) in [5.41, 5.74) is 2.09. The molecule has 5 nitrogen and oxygen atoms in total. The predicted octanol–water partition coefficient (Wildman–Crippen LogP) is 4.34. The number of likely N-dealkylation sites (N-methyl/N-ethyl adjacent to an activating group) is 1. The summed E-state index contributed by atoms with van der Waals surface area (Å²) in [4.78, 5) is 17.0. The summed E-state index contributed by atoms with van der Waals surface area (Å²) >= 11 is 0. The molecule has 2 aliphatic heterocycles. The van der Waals surface area contributed by atoms with E-state index in [-0.39, 0.29) is 23.8 Å². The van der Waals surface area contributed by atoms with Crippen LogP contribution in [0.1, 0.15) is 49.4 Å². The number of benzene rings is 2. The van der Waals surface area contributed by atoms with Gasteiger partial charge in [0.1, 0.15) is 5.82 Å². The second-order valence-corrected chi connectivity index (χ2v) is 8.12. The summed E-state index contributed by atoms with van der Waals surface area (Å²) in [6.45, 7) is 4.56. The van der Waals surface area contributed by atoms with Crippen LogP contribution in [0.15, 0.2) is 42.5 Å². The Bertz CT molecular complexity index is 887. The van der Waals surface area contributed by atoms with Crippen molar-refractivity contribution in [1.82, 2.24) is 9.80 Å². The van der Waals surface area contributed by atoms with Gasteiger partial charge < -0.3 is 14.4 Å². The zero-order chi connectivity index (χ0) is 21.1. The lowest BCUT2D eigenvalue weighted by molar-refractivity contribution is -0.133. The van der Waals surface area contributed by atoms with Gasteiger partial charge in [-0.05, 0) is 61.7 Å². The van der Waals surface area contributed by atoms with E-state index < -0.39 is 0 Å². The smallest absolute Gasteiger partial charge is 0.237 e. The molecule has 2 heterocycles. The van der Waals surface area contributed by atoms with Crippen LogP contribution in [0.4, 0.5) is 4.39 Å². The molecule has 1 fully saturated rings. The highest BCUT2D eigenvalue weighted by Gasteiger charge is 2.30. The van der Waals surface area contributed by atoms with E-state index in [1.54, 1.807) is 17.0 Å². The molecule has 2 aromatic rings. The highest BCUT2D eigenvalue weighted by molar-refractivity contribution is 5.78. The molecule has 1 saturated heterocycles. The number of carbonyl (C=O) groups excluding carboxylic acids is 1. The van der Waals surface area contributed by atoms with Crippen molar-refractivity contribution < 1.29 is 18.7 Å². The largest absolute Gasteiger partial charge is 0.490 e. The van der Waals surface area contributed by atoms with Gasteiger partial charge >= 0.3 is 0 Å². The Balaban J connectivity index is 1.44. The third kappa shape index (κ3) is 4.43. The minimum atomic E-state index is -0.269. The maximum atomic E-state index is 13.2. The number of ether oxygens (including phenoxy) is 2. The van der Waals surface area contributed by atoms with Crippen molar-refractivity contribution in [1.29, 1.82) is 0 Å². The Morgan fingerprint density at radius 1 is 1.13 bits per heavy atom. The van der Waals surface area contributed by atoms with Crippen LogP contribution in [0, 0.1) is 5.82 Å². The van der Waals surface area contributed by atoms with Crippen molar-refractivity contribution in [3.8, 4) is 11.5 Å². The van der Waals surface area contributed by atoms with Gasteiger partial charge in [0.05, 0.1) is 25.8 Å². The Labute approximate surface area is 177 Å². The summed E-state index contributed by atoms with van der Waals surface area (Å²) in [6, 6.07) is 12.6. The first-order chi connectivity index (χ1) is 14.5. The van der Waals surface area contributed by atoms with Gasteiger partial charge in [0.25, 0.3) is 0 Å². The number of fused-ring (bicyclic) bond motifs is 1. The second kappa shape index (κ2) is 9.04. The fraction of sp³-hybridized carbons (Fsp3) is 0.458. The van der Waals surface area contributed by atoms with Gasteiger partial charge in [-0.1, -0.05) is 18.2 Å². The van der Waals surface area contributed by atoms with Gasteiger partial charge in [0.2, 0.25) is 5.91 Å². The van der Waals surface area contributed by atoms with Crippen LogP contribution in [0.5, 0.6) is 11.5 Å². The molecule has 30 heavy (non-hydrogen) atoms. The lowest BCUT2D eigenvalue weighted by atomic mass is 10.0. The SMILES string of the molecule is C[C@@H](c1ccc(F)cc1)N(C)C(=O)CN1CCC[C@@H]1c1ccc2c(c1)OCCCO2. The third-order valence-electron chi connectivity index (χ3n) is 6.19. The van der Waals surface area contributed by atoms with Crippen molar-refractivity contribution in [3.63, 3.8) is 0 Å². The molecule has 4 rings (SSSR count). The fourth-order valence-corrected chi connectivity index (χ4v) is 4.25. The van der Waals surface area contributed by atoms with Crippen LogP contribution in [-0.4, -0.2) is 49.1 Å². The molecule has 0 spiro atoms. The molecular formula is C24H29FN2O3. The van der Waals surface area contributed by atoms with Crippen molar-refractivity contribution in [2.75, 3.05) is 33.4 Å². The van der Waals surface area contributed by atoms with E-state index in [9.17, 15) is 9.18 Å². The molecule has 0 unspecified atom stereocenters. The molecule has 0 radical (unpaired) electrons. The minimum Gasteiger partial charge on any atom is -0.490 e. The summed E-state index contributed by atoms with van der Waals surface area (Å²) in [7, 11) is 1.81. The number of hydrogen-bond acceptors (Lipinski definition) is 4. The van der Waals surface area contributed by atoms with E-state index >= 15 is 0 Å². The Morgan fingerprint density at radius 2 is 1.87 bits per heavy atom. The highest BCUT2D eigenvalue weighted by atomic mass is 19.1. The van der Waals surface area contributed by atoms with Crippen molar-refractivity contribution in [2.45, 2.75) is 38.3 Å². The van der Waals surface area contributed by atoms with Crippen LogP contribution in [-0.2, 0) is 4.79 Å². The highest BCUT2D eigenvalue weighted by Crippen LogP contribution is 2.38.